The molecule has 19 heavy (non-hydrogen) atoms. The summed E-state index contributed by atoms with van der Waals surface area (Å²) in [4.78, 5) is 4.60. The van der Waals surface area contributed by atoms with E-state index in [4.69, 9.17) is 0 Å². The Morgan fingerprint density at radius 1 is 1.16 bits per heavy atom. The van der Waals surface area contributed by atoms with Crippen molar-refractivity contribution in [3.63, 3.8) is 0 Å². The first-order valence-electron chi connectivity index (χ1n) is 7.20. The molecule has 0 aromatic heterocycles. The lowest BCUT2D eigenvalue weighted by Crippen LogP contribution is -2.11. The number of amidine groups is 1. The molecule has 0 radical (unpaired) electrons. The van der Waals surface area contributed by atoms with Crippen molar-refractivity contribution in [3.05, 3.63) is 29.8 Å². The lowest BCUT2D eigenvalue weighted by Gasteiger charge is -2.12. The van der Waals surface area contributed by atoms with E-state index in [0.717, 1.165) is 18.8 Å². The maximum atomic E-state index is 4.60. The van der Waals surface area contributed by atoms with Gasteiger partial charge in [-0.3, -0.25) is 4.99 Å². The van der Waals surface area contributed by atoms with Gasteiger partial charge in [0.15, 0.2) is 0 Å². The number of hydrogen-bond donors (Lipinski definition) is 1. The quantitative estimate of drug-likeness (QED) is 0.815. The van der Waals surface area contributed by atoms with E-state index in [1.165, 1.54) is 36.9 Å². The second-order valence-electron chi connectivity index (χ2n) is 5.20. The number of nitrogens with zero attached hydrogens (tertiary/aromatic N) is 1. The molecule has 0 spiro atoms. The first-order valence-corrected chi connectivity index (χ1v) is 7.20. The third-order valence-electron chi connectivity index (χ3n) is 3.76. The van der Waals surface area contributed by atoms with Crippen LogP contribution < -0.4 is 5.32 Å². The number of aliphatic imine (C=N–C) groups is 1. The monoisotopic (exact) mass is 324 g/mol. The van der Waals surface area contributed by atoms with Gasteiger partial charge >= 0.3 is 0 Å². The van der Waals surface area contributed by atoms with Crippen LogP contribution in [0.1, 0.15) is 57.4 Å². The largest absolute Gasteiger partial charge is 0.344 e. The highest BCUT2D eigenvalue weighted by atomic mass is 79.9. The smallest absolute Gasteiger partial charge is 0.101 e. The molecule has 0 amide bonds. The SMILES string of the molecule is Br.CCC(C)c1ccc(NC2=NCCCCC2)cc1. The van der Waals surface area contributed by atoms with Gasteiger partial charge in [-0.2, -0.15) is 0 Å². The van der Waals surface area contributed by atoms with E-state index in [2.05, 4.69) is 48.4 Å². The van der Waals surface area contributed by atoms with Gasteiger partial charge in [-0.1, -0.05) is 32.4 Å². The molecule has 0 fully saturated rings. The van der Waals surface area contributed by atoms with Crippen LogP contribution in [0.15, 0.2) is 29.3 Å². The van der Waals surface area contributed by atoms with Gasteiger partial charge in [-0.25, -0.2) is 0 Å². The Hall–Kier alpha value is -0.830. The van der Waals surface area contributed by atoms with Crippen molar-refractivity contribution in [2.45, 2.75) is 51.9 Å². The minimum Gasteiger partial charge on any atom is -0.344 e. The third kappa shape index (κ3) is 4.98. The summed E-state index contributed by atoms with van der Waals surface area (Å²) in [5, 5.41) is 3.45. The molecule has 2 nitrogen and oxygen atoms in total. The highest BCUT2D eigenvalue weighted by Gasteiger charge is 2.06. The van der Waals surface area contributed by atoms with E-state index in [0.29, 0.717) is 5.92 Å². The van der Waals surface area contributed by atoms with Gasteiger partial charge in [0.1, 0.15) is 5.84 Å². The Bertz CT molecular complexity index is 398. The fraction of sp³-hybridized carbons (Fsp3) is 0.562. The standard InChI is InChI=1S/C16H24N2.BrH/c1-3-13(2)14-8-10-15(11-9-14)18-16-7-5-4-6-12-17-16;/h8-11,13H,3-7,12H2,1-2H3,(H,17,18);1H. The Balaban J connectivity index is 0.00000180. The van der Waals surface area contributed by atoms with E-state index in [-0.39, 0.29) is 17.0 Å². The molecular weight excluding hydrogens is 300 g/mol. The molecule has 1 aromatic rings. The van der Waals surface area contributed by atoms with Gasteiger partial charge in [-0.15, -0.1) is 17.0 Å². The maximum absolute atomic E-state index is 4.60. The van der Waals surface area contributed by atoms with Crippen molar-refractivity contribution in [3.8, 4) is 0 Å². The van der Waals surface area contributed by atoms with Gasteiger partial charge in [0, 0.05) is 18.7 Å². The van der Waals surface area contributed by atoms with E-state index >= 15 is 0 Å². The van der Waals surface area contributed by atoms with Crippen molar-refractivity contribution in [2.75, 3.05) is 11.9 Å². The fourth-order valence-electron chi connectivity index (χ4n) is 2.27. The summed E-state index contributed by atoms with van der Waals surface area (Å²) in [5.41, 5.74) is 2.59. The van der Waals surface area contributed by atoms with Crippen LogP contribution in [-0.4, -0.2) is 12.4 Å². The predicted molar refractivity (Wildman–Crippen MR) is 89.9 cm³/mol. The molecule has 0 aliphatic carbocycles. The van der Waals surface area contributed by atoms with E-state index in [1.54, 1.807) is 0 Å². The molecule has 0 saturated carbocycles. The van der Waals surface area contributed by atoms with Gasteiger partial charge in [-0.05, 0) is 42.9 Å². The van der Waals surface area contributed by atoms with Crippen LogP contribution in [0.25, 0.3) is 0 Å². The number of halogens is 1. The van der Waals surface area contributed by atoms with Gasteiger partial charge in [0.25, 0.3) is 0 Å². The Kier molecular flexibility index (Phi) is 7.14. The topological polar surface area (TPSA) is 24.4 Å². The van der Waals surface area contributed by atoms with Crippen molar-refractivity contribution < 1.29 is 0 Å². The van der Waals surface area contributed by atoms with Crippen molar-refractivity contribution in [1.29, 1.82) is 0 Å². The third-order valence-corrected chi connectivity index (χ3v) is 3.76. The molecule has 0 bridgehead atoms. The van der Waals surface area contributed by atoms with Crippen molar-refractivity contribution in [2.24, 2.45) is 4.99 Å². The van der Waals surface area contributed by atoms with E-state index < -0.39 is 0 Å². The van der Waals surface area contributed by atoms with Crippen LogP contribution in [-0.2, 0) is 0 Å². The van der Waals surface area contributed by atoms with E-state index in [9.17, 15) is 0 Å². The first kappa shape index (κ1) is 16.2. The zero-order valence-corrected chi connectivity index (χ0v) is 13.7. The first-order chi connectivity index (χ1) is 8.79. The van der Waals surface area contributed by atoms with Gasteiger partial charge in [0.2, 0.25) is 0 Å². The molecule has 1 heterocycles. The van der Waals surface area contributed by atoms with Crippen molar-refractivity contribution in [1.82, 2.24) is 0 Å². The molecule has 1 aliphatic rings. The normalized spacial score (nSPS) is 16.8. The van der Waals surface area contributed by atoms with Crippen LogP contribution in [0.4, 0.5) is 5.69 Å². The number of benzene rings is 1. The van der Waals surface area contributed by atoms with Crippen LogP contribution in [0, 0.1) is 0 Å². The molecule has 2 rings (SSSR count). The molecule has 106 valence electrons. The molecule has 3 heteroatoms. The maximum Gasteiger partial charge on any atom is 0.101 e. The van der Waals surface area contributed by atoms with Crippen molar-refractivity contribution >= 4 is 28.5 Å². The zero-order chi connectivity index (χ0) is 12.8. The second kappa shape index (κ2) is 8.36. The van der Waals surface area contributed by atoms with Crippen LogP contribution in [0.5, 0.6) is 0 Å². The predicted octanol–water partition coefficient (Wildman–Crippen LogP) is 5.16. The number of anilines is 1. The average molecular weight is 325 g/mol. The summed E-state index contributed by atoms with van der Waals surface area (Å²) < 4.78 is 0. The summed E-state index contributed by atoms with van der Waals surface area (Å²) in [6.07, 6.45) is 6.09. The Morgan fingerprint density at radius 2 is 1.89 bits per heavy atom. The summed E-state index contributed by atoms with van der Waals surface area (Å²) in [6, 6.07) is 8.81. The lowest BCUT2D eigenvalue weighted by molar-refractivity contribution is 0.731. The average Bonchev–Trinajstić information content (AvgIpc) is 2.67. The van der Waals surface area contributed by atoms with Crippen LogP contribution in [0.2, 0.25) is 0 Å². The lowest BCUT2D eigenvalue weighted by atomic mass is 9.99. The highest BCUT2D eigenvalue weighted by molar-refractivity contribution is 8.93. The fourth-order valence-corrected chi connectivity index (χ4v) is 2.27. The molecule has 1 unspecified atom stereocenters. The number of hydrogen-bond acceptors (Lipinski definition) is 2. The summed E-state index contributed by atoms with van der Waals surface area (Å²) in [5.74, 6) is 1.80. The van der Waals surface area contributed by atoms with Crippen LogP contribution in [0.3, 0.4) is 0 Å². The molecule has 1 aromatic carbocycles. The molecule has 1 aliphatic heterocycles. The Morgan fingerprint density at radius 3 is 2.58 bits per heavy atom. The van der Waals surface area contributed by atoms with E-state index in [1.807, 2.05) is 0 Å². The number of rotatable bonds is 3. The summed E-state index contributed by atoms with van der Waals surface area (Å²) in [6.45, 7) is 5.49. The zero-order valence-electron chi connectivity index (χ0n) is 12.0. The minimum atomic E-state index is 0. The summed E-state index contributed by atoms with van der Waals surface area (Å²) in [7, 11) is 0. The van der Waals surface area contributed by atoms with Crippen LogP contribution >= 0.6 is 17.0 Å². The van der Waals surface area contributed by atoms with Gasteiger partial charge < -0.3 is 5.32 Å². The highest BCUT2D eigenvalue weighted by Crippen LogP contribution is 2.21. The molecular formula is C16H25BrN2. The molecule has 0 saturated heterocycles. The minimum absolute atomic E-state index is 0. The molecule has 1 atom stereocenters. The van der Waals surface area contributed by atoms with Gasteiger partial charge in [0.05, 0.1) is 0 Å². The summed E-state index contributed by atoms with van der Waals surface area (Å²) >= 11 is 0. The molecule has 1 N–H and O–H groups in total. The number of nitrogens with one attached hydrogen (secondary N) is 1. The Labute approximate surface area is 127 Å². The second-order valence-corrected chi connectivity index (χ2v) is 5.20.